The molecule has 0 saturated heterocycles. The summed E-state index contributed by atoms with van der Waals surface area (Å²) in [4.78, 5) is 15.3. The smallest absolute Gasteiger partial charge is 0.161 e. The van der Waals surface area contributed by atoms with Crippen molar-refractivity contribution in [3.05, 3.63) is 29.8 Å². The summed E-state index contributed by atoms with van der Waals surface area (Å²) < 4.78 is 0. The van der Waals surface area contributed by atoms with Crippen molar-refractivity contribution in [2.24, 2.45) is 4.99 Å². The Bertz CT molecular complexity index is 429. The van der Waals surface area contributed by atoms with Crippen LogP contribution in [0, 0.1) is 0 Å². The molecule has 3 nitrogen and oxygen atoms in total. The Morgan fingerprint density at radius 2 is 2.31 bits per heavy atom. The first-order chi connectivity index (χ1) is 7.75. The Morgan fingerprint density at radius 3 is 3.12 bits per heavy atom. The van der Waals surface area contributed by atoms with Crippen LogP contribution in [0.3, 0.4) is 0 Å². The third-order valence-electron chi connectivity index (χ3n) is 2.31. The largest absolute Gasteiger partial charge is 0.335 e. The van der Waals surface area contributed by atoms with E-state index >= 15 is 0 Å². The van der Waals surface area contributed by atoms with Crippen LogP contribution in [0.15, 0.2) is 29.3 Å². The van der Waals surface area contributed by atoms with Crippen LogP contribution in [0.2, 0.25) is 0 Å². The summed E-state index contributed by atoms with van der Waals surface area (Å²) in [7, 11) is 0. The summed E-state index contributed by atoms with van der Waals surface area (Å²) in [6.07, 6.45) is 0.952. The molecule has 0 aliphatic carbocycles. The molecule has 0 radical (unpaired) electrons. The van der Waals surface area contributed by atoms with Gasteiger partial charge in [0, 0.05) is 12.2 Å². The van der Waals surface area contributed by atoms with Gasteiger partial charge in [0.05, 0.1) is 5.75 Å². The molecule has 0 amide bonds. The van der Waals surface area contributed by atoms with Gasteiger partial charge in [-0.05, 0) is 25.0 Å². The van der Waals surface area contributed by atoms with E-state index in [9.17, 15) is 4.79 Å². The number of thioether (sulfide) groups is 1. The summed E-state index contributed by atoms with van der Waals surface area (Å²) in [5.74, 6) is 0.653. The molecular formula is C12H14N2OS. The number of ketones is 1. The van der Waals surface area contributed by atoms with Crippen LogP contribution in [0.25, 0.3) is 0 Å². The van der Waals surface area contributed by atoms with Gasteiger partial charge in [-0.1, -0.05) is 30.0 Å². The molecule has 0 aromatic heterocycles. The fraction of sp³-hybridized carbons (Fsp3) is 0.333. The standard InChI is InChI=1S/C12H14N2OS/c1-9(15)8-16-12-13-7-6-10-4-2-3-5-11(10)14-12/h2-5H,6-8H2,1H3,(H,13,14). The van der Waals surface area contributed by atoms with Gasteiger partial charge in [-0.3, -0.25) is 9.79 Å². The number of fused-ring (bicyclic) bond motifs is 1. The highest BCUT2D eigenvalue weighted by Crippen LogP contribution is 2.20. The molecule has 0 atom stereocenters. The van der Waals surface area contributed by atoms with Crippen molar-refractivity contribution in [2.45, 2.75) is 13.3 Å². The zero-order chi connectivity index (χ0) is 11.4. The molecule has 1 N–H and O–H groups in total. The number of rotatable bonds is 2. The first kappa shape index (κ1) is 11.2. The zero-order valence-electron chi connectivity index (χ0n) is 9.19. The normalized spacial score (nSPS) is 14.4. The number of para-hydroxylation sites is 1. The van der Waals surface area contributed by atoms with E-state index in [1.165, 1.54) is 17.3 Å². The second-order valence-corrected chi connectivity index (χ2v) is 4.67. The van der Waals surface area contributed by atoms with Gasteiger partial charge in [0.15, 0.2) is 5.17 Å². The Kier molecular flexibility index (Phi) is 3.62. The average Bonchev–Trinajstić information content (AvgIpc) is 2.47. The molecule has 1 heterocycles. The van der Waals surface area contributed by atoms with E-state index in [-0.39, 0.29) is 5.78 Å². The van der Waals surface area contributed by atoms with Crippen LogP contribution in [0.1, 0.15) is 12.5 Å². The summed E-state index contributed by atoms with van der Waals surface area (Å²) in [6, 6.07) is 8.19. The predicted octanol–water partition coefficient (Wildman–Crippen LogP) is 2.33. The lowest BCUT2D eigenvalue weighted by Crippen LogP contribution is -2.10. The van der Waals surface area contributed by atoms with E-state index in [0.717, 1.165) is 23.8 Å². The molecule has 1 aromatic rings. The molecule has 0 fully saturated rings. The molecule has 0 saturated carbocycles. The van der Waals surface area contributed by atoms with Gasteiger partial charge in [0.25, 0.3) is 0 Å². The minimum absolute atomic E-state index is 0.173. The minimum Gasteiger partial charge on any atom is -0.335 e. The van der Waals surface area contributed by atoms with E-state index in [4.69, 9.17) is 0 Å². The molecule has 84 valence electrons. The van der Waals surface area contributed by atoms with E-state index in [1.807, 2.05) is 18.2 Å². The number of hydrogen-bond acceptors (Lipinski definition) is 4. The third-order valence-corrected chi connectivity index (χ3v) is 3.36. The average molecular weight is 234 g/mol. The molecule has 1 aliphatic rings. The monoisotopic (exact) mass is 234 g/mol. The lowest BCUT2D eigenvalue weighted by atomic mass is 10.1. The number of aliphatic imine (C=N–C) groups is 1. The van der Waals surface area contributed by atoms with Crippen molar-refractivity contribution in [1.29, 1.82) is 0 Å². The van der Waals surface area contributed by atoms with E-state index in [0.29, 0.717) is 5.75 Å². The molecule has 1 aliphatic heterocycles. The van der Waals surface area contributed by atoms with Crippen LogP contribution >= 0.6 is 11.8 Å². The second kappa shape index (κ2) is 5.16. The number of hydrogen-bond donors (Lipinski definition) is 1. The number of carbonyl (C=O) groups excluding carboxylic acids is 1. The van der Waals surface area contributed by atoms with Gasteiger partial charge < -0.3 is 5.32 Å². The molecule has 0 unspecified atom stereocenters. The van der Waals surface area contributed by atoms with Crippen molar-refractivity contribution < 1.29 is 4.79 Å². The van der Waals surface area contributed by atoms with Crippen LogP contribution in [-0.2, 0) is 11.2 Å². The predicted molar refractivity (Wildman–Crippen MR) is 69.2 cm³/mol. The highest BCUT2D eigenvalue weighted by molar-refractivity contribution is 8.14. The van der Waals surface area contributed by atoms with Gasteiger partial charge in [0.2, 0.25) is 0 Å². The number of carbonyl (C=O) groups is 1. The second-order valence-electron chi connectivity index (χ2n) is 3.71. The Morgan fingerprint density at radius 1 is 1.50 bits per heavy atom. The van der Waals surface area contributed by atoms with E-state index in [2.05, 4.69) is 16.4 Å². The topological polar surface area (TPSA) is 41.5 Å². The van der Waals surface area contributed by atoms with Crippen molar-refractivity contribution in [1.82, 2.24) is 0 Å². The SMILES string of the molecule is CC(=O)CSC1=NCCc2ccccc2N1. The van der Waals surface area contributed by atoms with E-state index < -0.39 is 0 Å². The van der Waals surface area contributed by atoms with Gasteiger partial charge in [-0.2, -0.15) is 0 Å². The molecule has 0 spiro atoms. The van der Waals surface area contributed by atoms with Crippen LogP contribution in [0.4, 0.5) is 5.69 Å². The maximum Gasteiger partial charge on any atom is 0.161 e. The maximum atomic E-state index is 10.9. The molecule has 4 heteroatoms. The third kappa shape index (κ3) is 2.85. The maximum absolute atomic E-state index is 10.9. The Hall–Kier alpha value is -1.29. The number of nitrogens with one attached hydrogen (secondary N) is 1. The minimum atomic E-state index is 0.173. The fourth-order valence-corrected chi connectivity index (χ4v) is 2.25. The van der Waals surface area contributed by atoms with Crippen molar-refractivity contribution >= 4 is 28.4 Å². The molecular weight excluding hydrogens is 220 g/mol. The van der Waals surface area contributed by atoms with E-state index in [1.54, 1.807) is 6.92 Å². The number of amidine groups is 1. The summed E-state index contributed by atoms with van der Waals surface area (Å²) >= 11 is 1.47. The fourth-order valence-electron chi connectivity index (χ4n) is 1.54. The Labute approximate surface area is 99.3 Å². The number of anilines is 1. The Balaban J connectivity index is 2.08. The highest BCUT2D eigenvalue weighted by Gasteiger charge is 2.10. The van der Waals surface area contributed by atoms with Crippen molar-refractivity contribution in [3.8, 4) is 0 Å². The van der Waals surface area contributed by atoms with Crippen molar-refractivity contribution in [3.63, 3.8) is 0 Å². The summed E-state index contributed by atoms with van der Waals surface area (Å²) in [5, 5.41) is 4.12. The number of benzene rings is 1. The molecule has 0 bridgehead atoms. The zero-order valence-corrected chi connectivity index (χ0v) is 10.0. The van der Waals surface area contributed by atoms with Gasteiger partial charge in [-0.25, -0.2) is 0 Å². The number of nitrogens with zero attached hydrogens (tertiary/aromatic N) is 1. The van der Waals surface area contributed by atoms with Crippen LogP contribution in [0.5, 0.6) is 0 Å². The quantitative estimate of drug-likeness (QED) is 0.854. The summed E-state index contributed by atoms with van der Waals surface area (Å²) in [5.41, 5.74) is 2.39. The highest BCUT2D eigenvalue weighted by atomic mass is 32.2. The van der Waals surface area contributed by atoms with Crippen LogP contribution in [-0.4, -0.2) is 23.2 Å². The molecule has 16 heavy (non-hydrogen) atoms. The molecule has 1 aromatic carbocycles. The first-order valence-corrected chi connectivity index (χ1v) is 6.26. The van der Waals surface area contributed by atoms with Gasteiger partial charge >= 0.3 is 0 Å². The molecule has 2 rings (SSSR count). The lowest BCUT2D eigenvalue weighted by Gasteiger charge is -2.08. The first-order valence-electron chi connectivity index (χ1n) is 5.27. The summed E-state index contributed by atoms with van der Waals surface area (Å²) in [6.45, 7) is 2.38. The van der Waals surface area contributed by atoms with Crippen LogP contribution < -0.4 is 5.32 Å². The lowest BCUT2D eigenvalue weighted by molar-refractivity contribution is -0.114. The van der Waals surface area contributed by atoms with Gasteiger partial charge in [-0.15, -0.1) is 0 Å². The van der Waals surface area contributed by atoms with Crippen molar-refractivity contribution in [2.75, 3.05) is 17.6 Å². The van der Waals surface area contributed by atoms with Gasteiger partial charge in [0.1, 0.15) is 5.78 Å². The number of Topliss-reactive ketones (excluding diaryl/α,β-unsaturated/α-hetero) is 1.